The molecule has 0 aliphatic carbocycles. The second-order valence-electron chi connectivity index (χ2n) is 4.33. The highest BCUT2D eigenvalue weighted by Crippen LogP contribution is 2.21. The standard InChI is InChI=1S/C16H18N2O2/c1-3-16(19)18-14-6-4-12(5-7-14)17-13-8-10-15(20-2)11-9-13/h4-11,17H,3H2,1-2H3,(H,18,19). The number of hydrogen-bond donors (Lipinski definition) is 2. The van der Waals surface area contributed by atoms with Crippen molar-refractivity contribution in [2.24, 2.45) is 0 Å². The third kappa shape index (κ3) is 3.75. The molecule has 0 bridgehead atoms. The number of ether oxygens (including phenoxy) is 1. The molecule has 0 heterocycles. The maximum absolute atomic E-state index is 11.3. The Kier molecular flexibility index (Phi) is 4.60. The first-order valence-electron chi connectivity index (χ1n) is 6.52. The second-order valence-corrected chi connectivity index (χ2v) is 4.33. The third-order valence-electron chi connectivity index (χ3n) is 2.87. The molecule has 1 amide bonds. The molecule has 0 aromatic heterocycles. The van der Waals surface area contributed by atoms with E-state index in [4.69, 9.17) is 4.74 Å². The van der Waals surface area contributed by atoms with E-state index in [0.717, 1.165) is 22.8 Å². The number of benzene rings is 2. The molecule has 0 spiro atoms. The van der Waals surface area contributed by atoms with Crippen LogP contribution in [0.3, 0.4) is 0 Å². The van der Waals surface area contributed by atoms with Gasteiger partial charge in [0, 0.05) is 23.5 Å². The van der Waals surface area contributed by atoms with Gasteiger partial charge in [-0.15, -0.1) is 0 Å². The topological polar surface area (TPSA) is 50.4 Å². The molecule has 0 atom stereocenters. The van der Waals surface area contributed by atoms with Crippen molar-refractivity contribution in [2.45, 2.75) is 13.3 Å². The van der Waals surface area contributed by atoms with Crippen molar-refractivity contribution >= 4 is 23.0 Å². The monoisotopic (exact) mass is 270 g/mol. The average molecular weight is 270 g/mol. The fourth-order valence-electron chi connectivity index (χ4n) is 1.73. The van der Waals surface area contributed by atoms with Gasteiger partial charge in [0.05, 0.1) is 7.11 Å². The van der Waals surface area contributed by atoms with Gasteiger partial charge in [0.15, 0.2) is 0 Å². The molecular weight excluding hydrogens is 252 g/mol. The molecule has 104 valence electrons. The molecule has 2 aromatic carbocycles. The summed E-state index contributed by atoms with van der Waals surface area (Å²) >= 11 is 0. The summed E-state index contributed by atoms with van der Waals surface area (Å²) in [4.78, 5) is 11.3. The van der Waals surface area contributed by atoms with Crippen LogP contribution in [0.25, 0.3) is 0 Å². The van der Waals surface area contributed by atoms with Gasteiger partial charge in [0.1, 0.15) is 5.75 Å². The molecule has 0 fully saturated rings. The van der Waals surface area contributed by atoms with Crippen LogP contribution in [-0.4, -0.2) is 13.0 Å². The number of nitrogens with one attached hydrogen (secondary N) is 2. The van der Waals surface area contributed by atoms with Crippen molar-refractivity contribution in [1.82, 2.24) is 0 Å². The van der Waals surface area contributed by atoms with Gasteiger partial charge in [0.25, 0.3) is 0 Å². The van der Waals surface area contributed by atoms with Crippen LogP contribution >= 0.6 is 0 Å². The van der Waals surface area contributed by atoms with E-state index in [2.05, 4.69) is 10.6 Å². The summed E-state index contributed by atoms with van der Waals surface area (Å²) < 4.78 is 5.11. The Bertz CT molecular complexity index is 562. The van der Waals surface area contributed by atoms with E-state index in [1.54, 1.807) is 7.11 Å². The fourth-order valence-corrected chi connectivity index (χ4v) is 1.73. The normalized spacial score (nSPS) is 9.90. The lowest BCUT2D eigenvalue weighted by atomic mass is 10.2. The Balaban J connectivity index is 2.00. The summed E-state index contributed by atoms with van der Waals surface area (Å²) in [6, 6.07) is 15.3. The van der Waals surface area contributed by atoms with Gasteiger partial charge in [-0.25, -0.2) is 0 Å². The molecule has 4 nitrogen and oxygen atoms in total. The van der Waals surface area contributed by atoms with Crippen LogP contribution in [0.2, 0.25) is 0 Å². The highest BCUT2D eigenvalue weighted by Gasteiger charge is 1.99. The summed E-state index contributed by atoms with van der Waals surface area (Å²) in [5, 5.41) is 6.10. The Morgan fingerprint density at radius 2 is 1.45 bits per heavy atom. The summed E-state index contributed by atoms with van der Waals surface area (Å²) in [6.45, 7) is 1.83. The lowest BCUT2D eigenvalue weighted by molar-refractivity contribution is -0.115. The first-order chi connectivity index (χ1) is 9.71. The van der Waals surface area contributed by atoms with E-state index in [1.807, 2.05) is 55.5 Å². The molecule has 4 heteroatoms. The van der Waals surface area contributed by atoms with E-state index in [1.165, 1.54) is 0 Å². The third-order valence-corrected chi connectivity index (χ3v) is 2.87. The number of amides is 1. The summed E-state index contributed by atoms with van der Waals surface area (Å²) in [6.07, 6.45) is 0.478. The Labute approximate surface area is 118 Å². The molecule has 2 aromatic rings. The van der Waals surface area contributed by atoms with Gasteiger partial charge in [0.2, 0.25) is 5.91 Å². The maximum atomic E-state index is 11.3. The number of anilines is 3. The van der Waals surface area contributed by atoms with Gasteiger partial charge >= 0.3 is 0 Å². The van der Waals surface area contributed by atoms with E-state index < -0.39 is 0 Å². The van der Waals surface area contributed by atoms with Crippen LogP contribution in [0, 0.1) is 0 Å². The second kappa shape index (κ2) is 6.61. The van der Waals surface area contributed by atoms with Crippen LogP contribution < -0.4 is 15.4 Å². The number of carbonyl (C=O) groups excluding carboxylic acids is 1. The van der Waals surface area contributed by atoms with Crippen LogP contribution in [0.5, 0.6) is 5.75 Å². The highest BCUT2D eigenvalue weighted by atomic mass is 16.5. The van der Waals surface area contributed by atoms with E-state index in [0.29, 0.717) is 6.42 Å². The Hall–Kier alpha value is -2.49. The lowest BCUT2D eigenvalue weighted by Gasteiger charge is -2.09. The molecule has 20 heavy (non-hydrogen) atoms. The van der Waals surface area contributed by atoms with Crippen LogP contribution in [0.1, 0.15) is 13.3 Å². The van der Waals surface area contributed by atoms with Crippen molar-refractivity contribution in [1.29, 1.82) is 0 Å². The van der Waals surface area contributed by atoms with Crippen molar-refractivity contribution in [3.05, 3.63) is 48.5 Å². The van der Waals surface area contributed by atoms with Gasteiger partial charge < -0.3 is 15.4 Å². The lowest BCUT2D eigenvalue weighted by Crippen LogP contribution is -2.09. The Morgan fingerprint density at radius 3 is 1.95 bits per heavy atom. The van der Waals surface area contributed by atoms with Crippen LogP contribution in [0.15, 0.2) is 48.5 Å². The summed E-state index contributed by atoms with van der Waals surface area (Å²) in [5.74, 6) is 0.842. The van der Waals surface area contributed by atoms with Crippen molar-refractivity contribution in [2.75, 3.05) is 17.7 Å². The number of rotatable bonds is 5. The molecule has 2 rings (SSSR count). The number of hydrogen-bond acceptors (Lipinski definition) is 3. The first-order valence-corrected chi connectivity index (χ1v) is 6.52. The smallest absolute Gasteiger partial charge is 0.224 e. The summed E-state index contributed by atoms with van der Waals surface area (Å²) in [5.41, 5.74) is 2.75. The van der Waals surface area contributed by atoms with Gasteiger partial charge in [-0.1, -0.05) is 6.92 Å². The van der Waals surface area contributed by atoms with Crippen molar-refractivity contribution in [3.8, 4) is 5.75 Å². The van der Waals surface area contributed by atoms with Gasteiger partial charge in [-0.2, -0.15) is 0 Å². The molecule has 0 saturated heterocycles. The quantitative estimate of drug-likeness (QED) is 0.869. The van der Waals surface area contributed by atoms with Gasteiger partial charge in [-0.3, -0.25) is 4.79 Å². The zero-order valence-electron chi connectivity index (χ0n) is 11.6. The van der Waals surface area contributed by atoms with E-state index in [-0.39, 0.29) is 5.91 Å². The highest BCUT2D eigenvalue weighted by molar-refractivity contribution is 5.90. The molecule has 0 radical (unpaired) electrons. The SMILES string of the molecule is CCC(=O)Nc1ccc(Nc2ccc(OC)cc2)cc1. The van der Waals surface area contributed by atoms with Crippen LogP contribution in [0.4, 0.5) is 17.1 Å². The molecule has 0 aliphatic heterocycles. The van der Waals surface area contributed by atoms with Gasteiger partial charge in [-0.05, 0) is 48.5 Å². The van der Waals surface area contributed by atoms with E-state index in [9.17, 15) is 4.79 Å². The average Bonchev–Trinajstić information content (AvgIpc) is 2.50. The minimum Gasteiger partial charge on any atom is -0.497 e. The molecule has 0 aliphatic rings. The minimum atomic E-state index is 0.0147. The zero-order valence-corrected chi connectivity index (χ0v) is 11.6. The molecule has 0 unspecified atom stereocenters. The minimum absolute atomic E-state index is 0.0147. The number of carbonyl (C=O) groups is 1. The molecule has 2 N–H and O–H groups in total. The fraction of sp³-hybridized carbons (Fsp3) is 0.188. The van der Waals surface area contributed by atoms with E-state index >= 15 is 0 Å². The maximum Gasteiger partial charge on any atom is 0.224 e. The van der Waals surface area contributed by atoms with Crippen LogP contribution in [-0.2, 0) is 4.79 Å². The predicted molar refractivity (Wildman–Crippen MR) is 81.6 cm³/mol. The zero-order chi connectivity index (χ0) is 14.4. The molecule has 0 saturated carbocycles. The predicted octanol–water partition coefficient (Wildman–Crippen LogP) is 3.79. The summed E-state index contributed by atoms with van der Waals surface area (Å²) in [7, 11) is 1.64. The first kappa shape index (κ1) is 13.9. The largest absolute Gasteiger partial charge is 0.497 e. The molecular formula is C16H18N2O2. The number of methoxy groups -OCH3 is 1. The van der Waals surface area contributed by atoms with Crippen molar-refractivity contribution < 1.29 is 9.53 Å². The Morgan fingerprint density at radius 1 is 0.950 bits per heavy atom. The van der Waals surface area contributed by atoms with Crippen molar-refractivity contribution in [3.63, 3.8) is 0 Å².